The highest BCUT2D eigenvalue weighted by atomic mass is 35.5. The molecule has 88 valence electrons. The van der Waals surface area contributed by atoms with Crippen molar-refractivity contribution in [3.05, 3.63) is 11.5 Å². The fraction of sp³-hybridized carbons (Fsp3) is 0.600. The van der Waals surface area contributed by atoms with Crippen LogP contribution in [0.25, 0.3) is 0 Å². The van der Waals surface area contributed by atoms with E-state index in [1.807, 2.05) is 0 Å². The van der Waals surface area contributed by atoms with Crippen LogP contribution in [0.2, 0.25) is 5.28 Å². The van der Waals surface area contributed by atoms with Crippen LogP contribution in [-0.2, 0) is 4.74 Å². The average Bonchev–Trinajstić information content (AvgIpc) is 2.33. The molecule has 0 saturated carbocycles. The van der Waals surface area contributed by atoms with Crippen LogP contribution in [0.4, 0.5) is 5.82 Å². The van der Waals surface area contributed by atoms with Crippen molar-refractivity contribution < 1.29 is 9.47 Å². The topological polar surface area (TPSA) is 56.3 Å². The summed E-state index contributed by atoms with van der Waals surface area (Å²) < 4.78 is 11.1. The molecule has 5 nitrogen and oxygen atoms in total. The van der Waals surface area contributed by atoms with Crippen molar-refractivity contribution in [1.82, 2.24) is 9.97 Å². The number of rotatable bonds is 3. The van der Waals surface area contributed by atoms with Crippen molar-refractivity contribution in [3.63, 3.8) is 0 Å². The summed E-state index contributed by atoms with van der Waals surface area (Å²) >= 11 is 5.69. The zero-order valence-electron chi connectivity index (χ0n) is 9.07. The maximum Gasteiger partial charge on any atom is 0.224 e. The van der Waals surface area contributed by atoms with E-state index in [0.29, 0.717) is 11.6 Å². The fourth-order valence-corrected chi connectivity index (χ4v) is 1.69. The lowest BCUT2D eigenvalue weighted by molar-refractivity contribution is -0.105. The Labute approximate surface area is 99.1 Å². The molecule has 0 aliphatic carbocycles. The van der Waals surface area contributed by atoms with Crippen molar-refractivity contribution in [2.75, 3.05) is 19.0 Å². The van der Waals surface area contributed by atoms with Gasteiger partial charge in [-0.2, -0.15) is 4.98 Å². The second kappa shape index (κ2) is 5.32. The quantitative estimate of drug-likeness (QED) is 0.824. The number of anilines is 1. The van der Waals surface area contributed by atoms with Crippen molar-refractivity contribution in [2.24, 2.45) is 0 Å². The summed E-state index contributed by atoms with van der Waals surface area (Å²) in [5.74, 6) is 1.15. The first-order chi connectivity index (χ1) is 7.79. The van der Waals surface area contributed by atoms with Gasteiger partial charge in [-0.3, -0.25) is 0 Å². The summed E-state index contributed by atoms with van der Waals surface area (Å²) in [6.45, 7) is 0.744. The van der Waals surface area contributed by atoms with Gasteiger partial charge in [0.1, 0.15) is 0 Å². The molecule has 1 aliphatic heterocycles. The Morgan fingerprint density at radius 3 is 3.12 bits per heavy atom. The summed E-state index contributed by atoms with van der Waals surface area (Å²) in [5, 5.41) is 3.11. The molecule has 1 unspecified atom stereocenters. The highest BCUT2D eigenvalue weighted by Crippen LogP contribution is 2.25. The van der Waals surface area contributed by atoms with Crippen LogP contribution in [0.15, 0.2) is 6.20 Å². The van der Waals surface area contributed by atoms with Crippen LogP contribution < -0.4 is 10.1 Å². The van der Waals surface area contributed by atoms with E-state index in [1.54, 1.807) is 13.2 Å². The van der Waals surface area contributed by atoms with E-state index in [-0.39, 0.29) is 11.6 Å². The van der Waals surface area contributed by atoms with Crippen molar-refractivity contribution in [2.45, 2.75) is 25.6 Å². The van der Waals surface area contributed by atoms with Gasteiger partial charge in [0, 0.05) is 13.5 Å². The van der Waals surface area contributed by atoms with E-state index in [1.165, 1.54) is 0 Å². The second-order valence-electron chi connectivity index (χ2n) is 3.52. The first-order valence-electron chi connectivity index (χ1n) is 5.28. The molecule has 1 aromatic heterocycles. The highest BCUT2D eigenvalue weighted by Gasteiger charge is 2.17. The van der Waals surface area contributed by atoms with Crippen LogP contribution >= 0.6 is 11.6 Å². The third kappa shape index (κ3) is 2.74. The smallest absolute Gasteiger partial charge is 0.224 e. The Balaban J connectivity index is 2.07. The lowest BCUT2D eigenvalue weighted by atomic mass is 10.2. The molecule has 16 heavy (non-hydrogen) atoms. The summed E-state index contributed by atoms with van der Waals surface area (Å²) in [6, 6.07) is 0. The monoisotopic (exact) mass is 243 g/mol. The molecular formula is C10H14ClN3O2. The van der Waals surface area contributed by atoms with Crippen molar-refractivity contribution in [3.8, 4) is 5.75 Å². The number of hydrogen-bond donors (Lipinski definition) is 1. The molecule has 0 bridgehead atoms. The molecule has 1 aliphatic rings. The number of nitrogens with one attached hydrogen (secondary N) is 1. The zero-order valence-corrected chi connectivity index (χ0v) is 9.83. The van der Waals surface area contributed by atoms with Gasteiger partial charge in [-0.25, -0.2) is 4.98 Å². The van der Waals surface area contributed by atoms with Crippen LogP contribution in [0.3, 0.4) is 0 Å². The average molecular weight is 244 g/mol. The predicted octanol–water partition coefficient (Wildman–Crippen LogP) is 2.08. The van der Waals surface area contributed by atoms with Crippen molar-refractivity contribution >= 4 is 17.4 Å². The largest absolute Gasteiger partial charge is 0.459 e. The second-order valence-corrected chi connectivity index (χ2v) is 3.85. The molecule has 1 atom stereocenters. The van der Waals surface area contributed by atoms with Gasteiger partial charge in [0.2, 0.25) is 5.28 Å². The Bertz CT molecular complexity index is 356. The predicted molar refractivity (Wildman–Crippen MR) is 60.8 cm³/mol. The van der Waals surface area contributed by atoms with Crippen LogP contribution in [-0.4, -0.2) is 29.9 Å². The zero-order chi connectivity index (χ0) is 11.4. The van der Waals surface area contributed by atoms with E-state index in [4.69, 9.17) is 21.1 Å². The van der Waals surface area contributed by atoms with Gasteiger partial charge >= 0.3 is 0 Å². The molecule has 2 heterocycles. The molecule has 1 aromatic rings. The summed E-state index contributed by atoms with van der Waals surface area (Å²) in [6.07, 6.45) is 4.46. The number of hydrogen-bond acceptors (Lipinski definition) is 5. The minimum atomic E-state index is -0.203. The molecule has 0 spiro atoms. The molecule has 0 radical (unpaired) electrons. The Morgan fingerprint density at radius 2 is 2.44 bits per heavy atom. The van der Waals surface area contributed by atoms with Gasteiger partial charge in [0.15, 0.2) is 17.9 Å². The molecule has 2 rings (SSSR count). The Hall–Kier alpha value is -1.07. The minimum Gasteiger partial charge on any atom is -0.459 e. The van der Waals surface area contributed by atoms with Gasteiger partial charge in [-0.1, -0.05) is 0 Å². The van der Waals surface area contributed by atoms with Crippen LogP contribution in [0, 0.1) is 0 Å². The number of ether oxygens (including phenoxy) is 2. The minimum absolute atomic E-state index is 0.196. The van der Waals surface area contributed by atoms with E-state index in [9.17, 15) is 0 Å². The Kier molecular flexibility index (Phi) is 3.79. The normalized spacial score (nSPS) is 20.5. The molecule has 1 saturated heterocycles. The molecular weight excluding hydrogens is 230 g/mol. The molecule has 0 amide bonds. The van der Waals surface area contributed by atoms with Crippen LogP contribution in [0.1, 0.15) is 19.3 Å². The molecule has 6 heteroatoms. The molecule has 1 fully saturated rings. The third-order valence-corrected chi connectivity index (χ3v) is 2.54. The van der Waals surface area contributed by atoms with E-state index >= 15 is 0 Å². The number of nitrogens with zero attached hydrogens (tertiary/aromatic N) is 2. The Morgan fingerprint density at radius 1 is 1.56 bits per heavy atom. The van der Waals surface area contributed by atoms with Crippen molar-refractivity contribution in [1.29, 1.82) is 0 Å². The van der Waals surface area contributed by atoms with E-state index in [2.05, 4.69) is 15.3 Å². The van der Waals surface area contributed by atoms with E-state index in [0.717, 1.165) is 25.9 Å². The third-order valence-electron chi connectivity index (χ3n) is 2.36. The fourth-order valence-electron chi connectivity index (χ4n) is 1.56. The summed E-state index contributed by atoms with van der Waals surface area (Å²) in [7, 11) is 1.76. The standard InChI is InChI=1S/C10H14ClN3O2/c1-12-9-7(6-13-10(11)14-9)16-8-4-2-3-5-15-8/h6,8H,2-5H2,1H3,(H,12,13,14). The SMILES string of the molecule is CNc1nc(Cl)ncc1OC1CCCCO1. The maximum absolute atomic E-state index is 5.69. The first-order valence-corrected chi connectivity index (χ1v) is 5.66. The lowest BCUT2D eigenvalue weighted by Gasteiger charge is -2.23. The van der Waals surface area contributed by atoms with Gasteiger partial charge < -0.3 is 14.8 Å². The number of aromatic nitrogens is 2. The first kappa shape index (κ1) is 11.4. The van der Waals surface area contributed by atoms with E-state index < -0.39 is 0 Å². The molecule has 0 aromatic carbocycles. The maximum atomic E-state index is 5.69. The van der Waals surface area contributed by atoms with Gasteiger partial charge in [0.05, 0.1) is 12.8 Å². The summed E-state index contributed by atoms with van der Waals surface area (Å²) in [4.78, 5) is 7.91. The molecule has 1 N–H and O–H groups in total. The number of halogens is 1. The van der Waals surface area contributed by atoms with Gasteiger partial charge in [-0.05, 0) is 24.4 Å². The van der Waals surface area contributed by atoms with Gasteiger partial charge in [0.25, 0.3) is 0 Å². The van der Waals surface area contributed by atoms with Gasteiger partial charge in [-0.15, -0.1) is 0 Å². The highest BCUT2D eigenvalue weighted by molar-refractivity contribution is 6.28. The lowest BCUT2D eigenvalue weighted by Crippen LogP contribution is -2.25. The summed E-state index contributed by atoms with van der Waals surface area (Å²) in [5.41, 5.74) is 0. The van der Waals surface area contributed by atoms with Crippen LogP contribution in [0.5, 0.6) is 5.75 Å².